The molecule has 2 fully saturated rings. The van der Waals surface area contributed by atoms with Crippen molar-refractivity contribution < 1.29 is 33.4 Å². The molecule has 0 bridgehead atoms. The van der Waals surface area contributed by atoms with Gasteiger partial charge in [-0.15, -0.1) is 0 Å². The van der Waals surface area contributed by atoms with Gasteiger partial charge in [-0.05, 0) is 40.4 Å². The molecule has 9 heteroatoms. The lowest BCUT2D eigenvalue weighted by Gasteiger charge is -2.33. The number of carbonyl (C=O) groups is 4. The second-order valence-electron chi connectivity index (χ2n) is 15.0. The molecule has 2 saturated heterocycles. The molecule has 3 aromatic rings. The molecule has 0 saturated carbocycles. The Balaban J connectivity index is 0.000000237. The van der Waals surface area contributed by atoms with E-state index in [1.54, 1.807) is 0 Å². The Morgan fingerprint density at radius 2 is 1.12 bits per heavy atom. The predicted octanol–water partition coefficient (Wildman–Crippen LogP) is 7.47. The van der Waals surface area contributed by atoms with Crippen LogP contribution in [0.1, 0.15) is 64.7 Å². The molecule has 2 aliphatic heterocycles. The minimum absolute atomic E-state index is 0.142. The third-order valence-corrected chi connectivity index (χ3v) is 8.48. The van der Waals surface area contributed by atoms with E-state index in [1.807, 2.05) is 133 Å². The fourth-order valence-electron chi connectivity index (χ4n) is 5.84. The zero-order chi connectivity index (χ0) is 35.6. The highest BCUT2D eigenvalue weighted by Gasteiger charge is 2.44. The molecule has 0 unspecified atom stereocenters. The highest BCUT2D eigenvalue weighted by atomic mass is 16.6. The van der Waals surface area contributed by atoms with Gasteiger partial charge >= 0.3 is 12.2 Å². The third kappa shape index (κ3) is 11.0. The van der Waals surface area contributed by atoms with Crippen LogP contribution < -0.4 is 0 Å². The summed E-state index contributed by atoms with van der Waals surface area (Å²) in [5, 5.41) is 0. The number of ether oxygens (including phenoxy) is 3. The molecular formula is C40H50N2O7. The van der Waals surface area contributed by atoms with Crippen LogP contribution in [0.15, 0.2) is 91.0 Å². The van der Waals surface area contributed by atoms with Gasteiger partial charge in [0.2, 0.25) is 11.8 Å². The van der Waals surface area contributed by atoms with Crippen LogP contribution in [0.4, 0.5) is 9.59 Å². The first-order chi connectivity index (χ1) is 23.2. The molecule has 9 nitrogen and oxygen atoms in total. The Kier molecular flexibility index (Phi) is 12.8. The lowest BCUT2D eigenvalue weighted by atomic mass is 9.80. The fraction of sp³-hybridized carbons (Fsp3) is 0.450. The number of hydrogen-bond donors (Lipinski definition) is 0. The molecule has 2 heterocycles. The summed E-state index contributed by atoms with van der Waals surface area (Å²) in [6.07, 6.45) is 0.490. The highest BCUT2D eigenvalue weighted by Crippen LogP contribution is 2.31. The van der Waals surface area contributed by atoms with Crippen molar-refractivity contribution in [2.75, 3.05) is 19.8 Å². The standard InChI is InChI=1S/C24H29NO4.C16H21NO3/c1-24(2,3)21(17-28-15-19-12-8-5-9-13-19)22(26)25-20(16-29-23(25)27)14-18-10-6-4-7-11-18;1-16(2,3)10-14(18)17-13(11-20-15(17)19)9-12-7-5-4-6-8-12/h4-13,20-21H,14-17H2,1-3H3;4-8,13H,9-11H2,1-3H3/t20-,21+;13-/m11/s1. The summed E-state index contributed by atoms with van der Waals surface area (Å²) in [5.41, 5.74) is 2.73. The summed E-state index contributed by atoms with van der Waals surface area (Å²) >= 11 is 0. The molecule has 262 valence electrons. The minimum atomic E-state index is -0.562. The Hall–Kier alpha value is -4.50. The molecule has 3 aromatic carbocycles. The zero-order valence-electron chi connectivity index (χ0n) is 29.6. The van der Waals surface area contributed by atoms with Gasteiger partial charge in [0.1, 0.15) is 13.2 Å². The van der Waals surface area contributed by atoms with Crippen LogP contribution in [0.3, 0.4) is 0 Å². The van der Waals surface area contributed by atoms with Crippen LogP contribution in [-0.4, -0.2) is 65.7 Å². The molecule has 0 N–H and O–H groups in total. The van der Waals surface area contributed by atoms with Crippen LogP contribution in [0.25, 0.3) is 0 Å². The number of imide groups is 2. The maximum Gasteiger partial charge on any atom is 0.416 e. The Labute approximate surface area is 290 Å². The number of nitrogens with zero attached hydrogens (tertiary/aromatic N) is 2. The number of rotatable bonds is 10. The number of amides is 4. The van der Waals surface area contributed by atoms with Gasteiger partial charge in [-0.1, -0.05) is 133 Å². The summed E-state index contributed by atoms with van der Waals surface area (Å²) in [6.45, 7) is 13.1. The van der Waals surface area contributed by atoms with Crippen molar-refractivity contribution in [2.45, 2.75) is 79.5 Å². The van der Waals surface area contributed by atoms with Crippen LogP contribution in [-0.2, 0) is 43.2 Å². The van der Waals surface area contributed by atoms with Gasteiger partial charge < -0.3 is 14.2 Å². The monoisotopic (exact) mass is 670 g/mol. The molecule has 3 atom stereocenters. The predicted molar refractivity (Wildman–Crippen MR) is 187 cm³/mol. The average Bonchev–Trinajstić information content (AvgIpc) is 3.60. The van der Waals surface area contributed by atoms with E-state index in [2.05, 4.69) is 0 Å². The summed E-state index contributed by atoms with van der Waals surface area (Å²) in [4.78, 5) is 52.4. The van der Waals surface area contributed by atoms with Gasteiger partial charge in [0.15, 0.2) is 0 Å². The quantitative estimate of drug-likeness (QED) is 0.221. The van der Waals surface area contributed by atoms with E-state index in [0.717, 1.165) is 16.7 Å². The summed E-state index contributed by atoms with van der Waals surface area (Å²) < 4.78 is 16.2. The van der Waals surface area contributed by atoms with Crippen LogP contribution >= 0.6 is 0 Å². The van der Waals surface area contributed by atoms with Crippen LogP contribution in [0.5, 0.6) is 0 Å². The van der Waals surface area contributed by atoms with E-state index >= 15 is 0 Å². The number of carbonyl (C=O) groups excluding carboxylic acids is 4. The van der Waals surface area contributed by atoms with Crippen molar-refractivity contribution in [2.24, 2.45) is 16.7 Å². The van der Waals surface area contributed by atoms with Gasteiger partial charge in [0.05, 0.1) is 31.2 Å². The summed E-state index contributed by atoms with van der Waals surface area (Å²) in [7, 11) is 0. The van der Waals surface area contributed by atoms with Gasteiger partial charge in [-0.2, -0.15) is 0 Å². The number of hydrogen-bond acceptors (Lipinski definition) is 7. The van der Waals surface area contributed by atoms with Crippen molar-refractivity contribution >= 4 is 24.0 Å². The van der Waals surface area contributed by atoms with E-state index < -0.39 is 18.1 Å². The van der Waals surface area contributed by atoms with Crippen LogP contribution in [0.2, 0.25) is 0 Å². The van der Waals surface area contributed by atoms with Crippen molar-refractivity contribution in [3.05, 3.63) is 108 Å². The SMILES string of the molecule is CC(C)(C)CC(=O)N1C(=O)OC[C@H]1Cc1ccccc1.CC(C)(C)[C@@H](COCc1ccccc1)C(=O)N1C(=O)OC[C@H]1Cc1ccccc1. The van der Waals surface area contributed by atoms with E-state index in [-0.39, 0.29) is 54.5 Å². The van der Waals surface area contributed by atoms with E-state index in [4.69, 9.17) is 14.2 Å². The van der Waals surface area contributed by atoms with Gasteiger partial charge in [-0.25, -0.2) is 19.4 Å². The smallest absolute Gasteiger partial charge is 0.416 e. The molecule has 0 aromatic heterocycles. The Morgan fingerprint density at radius 1 is 0.694 bits per heavy atom. The lowest BCUT2D eigenvalue weighted by molar-refractivity contribution is -0.140. The van der Waals surface area contributed by atoms with Gasteiger partial charge in [-0.3, -0.25) is 9.59 Å². The second-order valence-corrected chi connectivity index (χ2v) is 15.0. The number of cyclic esters (lactones) is 2. The first-order valence-electron chi connectivity index (χ1n) is 16.9. The number of benzene rings is 3. The molecule has 0 spiro atoms. The minimum Gasteiger partial charge on any atom is -0.447 e. The summed E-state index contributed by atoms with van der Waals surface area (Å²) in [6, 6.07) is 29.0. The van der Waals surface area contributed by atoms with Gasteiger partial charge in [0, 0.05) is 6.42 Å². The second kappa shape index (κ2) is 16.7. The van der Waals surface area contributed by atoms with E-state index in [1.165, 1.54) is 9.80 Å². The Bertz CT molecular complexity index is 1530. The third-order valence-electron chi connectivity index (χ3n) is 8.48. The maximum absolute atomic E-state index is 13.4. The van der Waals surface area contributed by atoms with Crippen molar-refractivity contribution in [3.63, 3.8) is 0 Å². The largest absolute Gasteiger partial charge is 0.447 e. The molecular weight excluding hydrogens is 620 g/mol. The van der Waals surface area contributed by atoms with Crippen LogP contribution in [0, 0.1) is 16.7 Å². The average molecular weight is 671 g/mol. The van der Waals surface area contributed by atoms with Gasteiger partial charge in [0.25, 0.3) is 0 Å². The molecule has 2 aliphatic rings. The lowest BCUT2D eigenvalue weighted by Crippen LogP contribution is -2.48. The molecule has 0 aliphatic carbocycles. The van der Waals surface area contributed by atoms with Crippen molar-refractivity contribution in [3.8, 4) is 0 Å². The van der Waals surface area contributed by atoms with Crippen molar-refractivity contribution in [1.82, 2.24) is 9.80 Å². The maximum atomic E-state index is 13.4. The molecule has 5 rings (SSSR count). The zero-order valence-corrected chi connectivity index (χ0v) is 29.6. The molecule has 49 heavy (non-hydrogen) atoms. The topological polar surface area (TPSA) is 102 Å². The fourth-order valence-corrected chi connectivity index (χ4v) is 5.84. The van der Waals surface area contributed by atoms with E-state index in [9.17, 15) is 19.2 Å². The first kappa shape index (κ1) is 37.3. The van der Waals surface area contributed by atoms with Crippen molar-refractivity contribution in [1.29, 1.82) is 0 Å². The first-order valence-corrected chi connectivity index (χ1v) is 16.9. The molecule has 0 radical (unpaired) electrons. The van der Waals surface area contributed by atoms with E-state index in [0.29, 0.717) is 25.9 Å². The molecule has 4 amide bonds. The Morgan fingerprint density at radius 3 is 1.57 bits per heavy atom. The summed E-state index contributed by atoms with van der Waals surface area (Å²) in [5.74, 6) is -0.829. The normalized spacial score (nSPS) is 18.3. The highest BCUT2D eigenvalue weighted by molar-refractivity contribution is 5.95.